The number of amides is 1. The van der Waals surface area contributed by atoms with Gasteiger partial charge in [-0.15, -0.1) is 0 Å². The van der Waals surface area contributed by atoms with Crippen LogP contribution in [-0.4, -0.2) is 32.9 Å². The highest BCUT2D eigenvalue weighted by molar-refractivity contribution is 5.69. The van der Waals surface area contributed by atoms with Gasteiger partial charge in [0.25, 0.3) is 0 Å². The van der Waals surface area contributed by atoms with Crippen LogP contribution in [0.2, 0.25) is 0 Å². The minimum atomic E-state index is -0.471. The number of carbonyl (C=O) groups is 1. The van der Waals surface area contributed by atoms with Gasteiger partial charge in [-0.25, -0.2) is 4.79 Å². The Labute approximate surface area is 113 Å². The van der Waals surface area contributed by atoms with Gasteiger partial charge >= 0.3 is 6.09 Å². The summed E-state index contributed by atoms with van der Waals surface area (Å²) in [6.07, 6.45) is 0.459. The first-order valence-corrected chi connectivity index (χ1v) is 6.63. The number of rotatable bonds is 1. The van der Waals surface area contributed by atoms with Crippen LogP contribution >= 0.6 is 0 Å². The summed E-state index contributed by atoms with van der Waals surface area (Å²) in [6, 6.07) is 0. The summed E-state index contributed by atoms with van der Waals surface area (Å²) in [5, 5.41) is 4.29. The van der Waals surface area contributed by atoms with E-state index in [1.165, 1.54) is 0 Å². The van der Waals surface area contributed by atoms with Crippen molar-refractivity contribution < 1.29 is 9.53 Å². The van der Waals surface area contributed by atoms with E-state index in [2.05, 4.69) is 5.10 Å². The van der Waals surface area contributed by atoms with Crippen LogP contribution in [0.4, 0.5) is 10.6 Å². The molecule has 1 amide bonds. The Morgan fingerprint density at radius 1 is 1.47 bits per heavy atom. The first kappa shape index (κ1) is 13.7. The molecular weight excluding hydrogens is 244 g/mol. The molecule has 1 aromatic rings. The van der Waals surface area contributed by atoms with Crippen molar-refractivity contribution in [3.8, 4) is 0 Å². The standard InChI is InChI=1S/C13H22N4O2/c1-5-17-10-8-16(12(18)19-13(2,3)4)7-6-9(10)11(14)15-17/h5-8H2,1-4H3,(H2,14,15). The zero-order valence-electron chi connectivity index (χ0n) is 12.1. The van der Waals surface area contributed by atoms with E-state index < -0.39 is 5.60 Å². The zero-order valence-corrected chi connectivity index (χ0v) is 12.1. The van der Waals surface area contributed by atoms with E-state index in [0.717, 1.165) is 24.2 Å². The van der Waals surface area contributed by atoms with Crippen LogP contribution in [0.25, 0.3) is 0 Å². The van der Waals surface area contributed by atoms with E-state index >= 15 is 0 Å². The van der Waals surface area contributed by atoms with E-state index in [1.54, 1.807) is 4.90 Å². The van der Waals surface area contributed by atoms with Gasteiger partial charge in [0.15, 0.2) is 0 Å². The highest BCUT2D eigenvalue weighted by Gasteiger charge is 2.29. The first-order chi connectivity index (χ1) is 8.81. The molecule has 0 saturated heterocycles. The third-order valence-corrected chi connectivity index (χ3v) is 3.12. The Bertz CT molecular complexity index is 488. The van der Waals surface area contributed by atoms with Crippen LogP contribution in [0.3, 0.4) is 0 Å². The Morgan fingerprint density at radius 2 is 2.16 bits per heavy atom. The fraction of sp³-hybridized carbons (Fsp3) is 0.692. The van der Waals surface area contributed by atoms with Crippen LogP contribution in [0.15, 0.2) is 0 Å². The van der Waals surface area contributed by atoms with Crippen molar-refractivity contribution in [1.29, 1.82) is 0 Å². The molecule has 0 radical (unpaired) electrons. The SMILES string of the molecule is CCn1nc(N)c2c1CN(C(=O)OC(C)(C)C)CC2. The highest BCUT2D eigenvalue weighted by atomic mass is 16.6. The fourth-order valence-corrected chi connectivity index (χ4v) is 2.25. The Hall–Kier alpha value is -1.72. The third-order valence-electron chi connectivity index (χ3n) is 3.12. The minimum Gasteiger partial charge on any atom is -0.444 e. The molecule has 2 heterocycles. The van der Waals surface area contributed by atoms with Gasteiger partial charge < -0.3 is 15.4 Å². The molecule has 0 fully saturated rings. The van der Waals surface area contributed by atoms with Crippen LogP contribution in [0.5, 0.6) is 0 Å². The lowest BCUT2D eigenvalue weighted by Gasteiger charge is -2.30. The summed E-state index contributed by atoms with van der Waals surface area (Å²) in [4.78, 5) is 13.8. The molecule has 0 spiro atoms. The normalized spacial score (nSPS) is 15.3. The molecule has 0 atom stereocenters. The number of aromatic nitrogens is 2. The lowest BCUT2D eigenvalue weighted by Crippen LogP contribution is -2.40. The number of hydrogen-bond acceptors (Lipinski definition) is 4. The summed E-state index contributed by atoms with van der Waals surface area (Å²) < 4.78 is 7.26. The average Bonchev–Trinajstić information content (AvgIpc) is 2.63. The van der Waals surface area contributed by atoms with Crippen molar-refractivity contribution in [3.63, 3.8) is 0 Å². The van der Waals surface area contributed by atoms with E-state index in [0.29, 0.717) is 18.9 Å². The number of aryl methyl sites for hydroxylation is 1. The molecule has 6 heteroatoms. The average molecular weight is 266 g/mol. The summed E-state index contributed by atoms with van der Waals surface area (Å²) in [7, 11) is 0. The number of carbonyl (C=O) groups excluding carboxylic acids is 1. The van der Waals surface area contributed by atoms with Gasteiger partial charge in [-0.3, -0.25) is 4.68 Å². The fourth-order valence-electron chi connectivity index (χ4n) is 2.25. The number of anilines is 1. The van der Waals surface area contributed by atoms with E-state index in [9.17, 15) is 4.79 Å². The predicted molar refractivity (Wildman–Crippen MR) is 72.7 cm³/mol. The first-order valence-electron chi connectivity index (χ1n) is 6.63. The molecule has 0 saturated carbocycles. The Morgan fingerprint density at radius 3 is 2.74 bits per heavy atom. The van der Waals surface area contributed by atoms with Gasteiger partial charge in [0.1, 0.15) is 11.4 Å². The molecule has 2 N–H and O–H groups in total. The van der Waals surface area contributed by atoms with E-state index in [-0.39, 0.29) is 6.09 Å². The van der Waals surface area contributed by atoms with Crippen LogP contribution < -0.4 is 5.73 Å². The van der Waals surface area contributed by atoms with Gasteiger partial charge in [0.2, 0.25) is 0 Å². The number of ether oxygens (including phenoxy) is 1. The summed E-state index contributed by atoms with van der Waals surface area (Å²) in [5.74, 6) is 0.584. The lowest BCUT2D eigenvalue weighted by atomic mass is 10.1. The van der Waals surface area contributed by atoms with Crippen molar-refractivity contribution >= 4 is 11.9 Å². The van der Waals surface area contributed by atoms with Gasteiger partial charge in [0, 0.05) is 18.7 Å². The second-order valence-electron chi connectivity index (χ2n) is 5.78. The van der Waals surface area contributed by atoms with Crippen molar-refractivity contribution in [1.82, 2.24) is 14.7 Å². The van der Waals surface area contributed by atoms with Gasteiger partial charge in [-0.1, -0.05) is 0 Å². The zero-order chi connectivity index (χ0) is 14.2. The smallest absolute Gasteiger partial charge is 0.410 e. The third kappa shape index (κ3) is 2.83. The monoisotopic (exact) mass is 266 g/mol. The molecule has 0 unspecified atom stereocenters. The summed E-state index contributed by atoms with van der Waals surface area (Å²) in [6.45, 7) is 9.52. The minimum absolute atomic E-state index is 0.277. The second kappa shape index (κ2) is 4.75. The van der Waals surface area contributed by atoms with E-state index in [4.69, 9.17) is 10.5 Å². The number of nitrogens with zero attached hydrogens (tertiary/aromatic N) is 3. The molecule has 1 aromatic heterocycles. The van der Waals surface area contributed by atoms with Gasteiger partial charge in [-0.05, 0) is 34.1 Å². The molecule has 1 aliphatic heterocycles. The van der Waals surface area contributed by atoms with Crippen LogP contribution in [0.1, 0.15) is 39.0 Å². The molecule has 2 rings (SSSR count). The van der Waals surface area contributed by atoms with E-state index in [1.807, 2.05) is 32.4 Å². The molecule has 0 bridgehead atoms. The molecule has 6 nitrogen and oxygen atoms in total. The summed E-state index contributed by atoms with van der Waals surface area (Å²) in [5.41, 5.74) is 7.52. The van der Waals surface area contributed by atoms with Crippen LogP contribution in [0, 0.1) is 0 Å². The molecule has 19 heavy (non-hydrogen) atoms. The molecule has 0 aliphatic carbocycles. The maximum atomic E-state index is 12.1. The quantitative estimate of drug-likeness (QED) is 0.841. The number of hydrogen-bond donors (Lipinski definition) is 1. The largest absolute Gasteiger partial charge is 0.444 e. The molecule has 0 aromatic carbocycles. The number of nitrogens with two attached hydrogens (primary N) is 1. The Kier molecular flexibility index (Phi) is 3.43. The predicted octanol–water partition coefficient (Wildman–Crippen LogP) is 1.78. The van der Waals surface area contributed by atoms with Crippen molar-refractivity contribution in [2.24, 2.45) is 0 Å². The summed E-state index contributed by atoms with van der Waals surface area (Å²) >= 11 is 0. The number of fused-ring (bicyclic) bond motifs is 1. The van der Waals surface area contributed by atoms with Crippen LogP contribution in [-0.2, 0) is 24.2 Å². The maximum Gasteiger partial charge on any atom is 0.410 e. The van der Waals surface area contributed by atoms with Crippen molar-refractivity contribution in [2.75, 3.05) is 12.3 Å². The number of nitrogen functional groups attached to an aromatic ring is 1. The van der Waals surface area contributed by atoms with Crippen molar-refractivity contribution in [3.05, 3.63) is 11.3 Å². The topological polar surface area (TPSA) is 73.4 Å². The lowest BCUT2D eigenvalue weighted by molar-refractivity contribution is 0.0219. The molecular formula is C13H22N4O2. The van der Waals surface area contributed by atoms with Gasteiger partial charge in [0.05, 0.1) is 12.2 Å². The second-order valence-corrected chi connectivity index (χ2v) is 5.78. The Balaban J connectivity index is 2.15. The van der Waals surface area contributed by atoms with Gasteiger partial charge in [-0.2, -0.15) is 5.10 Å². The highest BCUT2D eigenvalue weighted by Crippen LogP contribution is 2.25. The molecule has 106 valence electrons. The molecule has 1 aliphatic rings. The maximum absolute atomic E-state index is 12.1. The van der Waals surface area contributed by atoms with Crippen molar-refractivity contribution in [2.45, 2.75) is 52.8 Å².